The maximum atomic E-state index is 12.2. The molecule has 0 aromatic heterocycles. The number of benzene rings is 2. The third-order valence-electron chi connectivity index (χ3n) is 3.87. The van der Waals surface area contributed by atoms with Crippen LogP contribution in [0.5, 0.6) is 0 Å². The van der Waals surface area contributed by atoms with E-state index in [1.54, 1.807) is 30.3 Å². The molecule has 1 atom stereocenters. The number of halogens is 1. The zero-order valence-corrected chi connectivity index (χ0v) is 13.9. The highest BCUT2D eigenvalue weighted by Crippen LogP contribution is 2.24. The first-order valence-corrected chi connectivity index (χ1v) is 8.00. The molecule has 3 rings (SSSR count). The summed E-state index contributed by atoms with van der Waals surface area (Å²) in [4.78, 5) is 25.7. The zero-order valence-electron chi connectivity index (χ0n) is 13.2. The predicted octanol–water partition coefficient (Wildman–Crippen LogP) is 3.40. The van der Waals surface area contributed by atoms with Crippen molar-refractivity contribution >= 4 is 29.3 Å². The number of ether oxygens (including phenoxy) is 1. The van der Waals surface area contributed by atoms with Gasteiger partial charge >= 0.3 is 6.09 Å². The first-order chi connectivity index (χ1) is 11.5. The van der Waals surface area contributed by atoms with Gasteiger partial charge in [0, 0.05) is 16.3 Å². The molecule has 124 valence electrons. The van der Waals surface area contributed by atoms with Crippen molar-refractivity contribution in [3.63, 3.8) is 0 Å². The van der Waals surface area contributed by atoms with Crippen molar-refractivity contribution in [2.45, 2.75) is 13.0 Å². The molecule has 1 saturated heterocycles. The van der Waals surface area contributed by atoms with Crippen LogP contribution in [0.4, 0.5) is 10.5 Å². The monoisotopic (exact) mass is 344 g/mol. The van der Waals surface area contributed by atoms with Crippen LogP contribution in [0.25, 0.3) is 0 Å². The Morgan fingerprint density at radius 2 is 2.08 bits per heavy atom. The van der Waals surface area contributed by atoms with Gasteiger partial charge in [-0.2, -0.15) is 0 Å². The van der Waals surface area contributed by atoms with Crippen LogP contribution in [0.1, 0.15) is 15.9 Å². The minimum Gasteiger partial charge on any atom is -0.442 e. The lowest BCUT2D eigenvalue weighted by atomic mass is 10.1. The third kappa shape index (κ3) is 3.51. The van der Waals surface area contributed by atoms with Gasteiger partial charge in [0.1, 0.15) is 6.10 Å². The highest BCUT2D eigenvalue weighted by Gasteiger charge is 2.32. The van der Waals surface area contributed by atoms with Gasteiger partial charge < -0.3 is 10.1 Å². The molecule has 1 aliphatic heterocycles. The van der Waals surface area contributed by atoms with E-state index in [9.17, 15) is 9.59 Å². The second-order valence-electron chi connectivity index (χ2n) is 5.62. The Labute approximate surface area is 145 Å². The van der Waals surface area contributed by atoms with E-state index in [1.807, 2.05) is 25.1 Å². The molecule has 1 heterocycles. The number of carbonyl (C=O) groups excluding carboxylic acids is 2. The molecule has 0 spiro atoms. The van der Waals surface area contributed by atoms with Crippen molar-refractivity contribution in [2.24, 2.45) is 0 Å². The van der Waals surface area contributed by atoms with Crippen molar-refractivity contribution in [3.8, 4) is 0 Å². The zero-order chi connectivity index (χ0) is 17.1. The number of nitrogens with one attached hydrogen (secondary N) is 1. The van der Waals surface area contributed by atoms with E-state index in [-0.39, 0.29) is 12.5 Å². The van der Waals surface area contributed by atoms with Crippen LogP contribution in [0.3, 0.4) is 0 Å². The van der Waals surface area contributed by atoms with Gasteiger partial charge in [0.25, 0.3) is 5.91 Å². The maximum Gasteiger partial charge on any atom is 0.414 e. The summed E-state index contributed by atoms with van der Waals surface area (Å²) in [5.41, 5.74) is 2.20. The number of amides is 2. The highest BCUT2D eigenvalue weighted by atomic mass is 35.5. The first-order valence-electron chi connectivity index (χ1n) is 7.62. The van der Waals surface area contributed by atoms with Crippen molar-refractivity contribution in [2.75, 3.05) is 18.0 Å². The molecular formula is C18H17ClN2O3. The second kappa shape index (κ2) is 6.93. The Morgan fingerprint density at radius 3 is 2.83 bits per heavy atom. The van der Waals surface area contributed by atoms with Gasteiger partial charge in [0.05, 0.1) is 13.1 Å². The number of cyclic esters (lactones) is 1. The van der Waals surface area contributed by atoms with Gasteiger partial charge in [-0.1, -0.05) is 35.9 Å². The van der Waals surface area contributed by atoms with Crippen molar-refractivity contribution < 1.29 is 14.3 Å². The van der Waals surface area contributed by atoms with Gasteiger partial charge in [-0.3, -0.25) is 9.69 Å². The molecular weight excluding hydrogens is 328 g/mol. The third-order valence-corrected chi connectivity index (χ3v) is 4.11. The van der Waals surface area contributed by atoms with Crippen molar-refractivity contribution in [1.29, 1.82) is 0 Å². The van der Waals surface area contributed by atoms with Crippen LogP contribution in [0.2, 0.25) is 5.02 Å². The summed E-state index contributed by atoms with van der Waals surface area (Å²) in [5.74, 6) is -0.176. The largest absolute Gasteiger partial charge is 0.442 e. The predicted molar refractivity (Wildman–Crippen MR) is 92.6 cm³/mol. The Balaban J connectivity index is 1.61. The molecule has 6 heteroatoms. The van der Waals surface area contributed by atoms with E-state index in [0.29, 0.717) is 22.8 Å². The van der Waals surface area contributed by atoms with Crippen LogP contribution in [-0.2, 0) is 4.74 Å². The number of carbonyl (C=O) groups is 2. The van der Waals surface area contributed by atoms with E-state index in [1.165, 1.54) is 4.90 Å². The summed E-state index contributed by atoms with van der Waals surface area (Å²) in [6, 6.07) is 14.4. The Morgan fingerprint density at radius 1 is 1.29 bits per heavy atom. The SMILES string of the molecule is Cc1ccccc1C(=O)NC[C@@H]1CN(c2cccc(Cl)c2)C(=O)O1. The Kier molecular flexibility index (Phi) is 4.71. The van der Waals surface area contributed by atoms with Gasteiger partial charge in [-0.25, -0.2) is 4.79 Å². The molecule has 0 saturated carbocycles. The standard InChI is InChI=1S/C18H17ClN2O3/c1-12-5-2-3-8-16(12)17(22)20-10-15-11-21(18(23)24-15)14-7-4-6-13(19)9-14/h2-9,15H,10-11H2,1H3,(H,20,22)/t15-/m1/s1. The minimum absolute atomic E-state index is 0.176. The number of hydrogen-bond acceptors (Lipinski definition) is 3. The normalized spacial score (nSPS) is 16.8. The average Bonchev–Trinajstić information content (AvgIpc) is 2.94. The highest BCUT2D eigenvalue weighted by molar-refractivity contribution is 6.30. The fourth-order valence-corrected chi connectivity index (χ4v) is 2.80. The molecule has 0 aliphatic carbocycles. The van der Waals surface area contributed by atoms with E-state index in [2.05, 4.69) is 5.32 Å². The molecule has 2 aromatic rings. The van der Waals surface area contributed by atoms with E-state index in [0.717, 1.165) is 5.56 Å². The number of rotatable bonds is 4. The summed E-state index contributed by atoms with van der Waals surface area (Å²) < 4.78 is 5.31. The minimum atomic E-state index is -0.438. The summed E-state index contributed by atoms with van der Waals surface area (Å²) >= 11 is 5.96. The van der Waals surface area contributed by atoms with Crippen molar-refractivity contribution in [3.05, 3.63) is 64.7 Å². The Hall–Kier alpha value is -2.53. The topological polar surface area (TPSA) is 58.6 Å². The molecule has 0 radical (unpaired) electrons. The van der Waals surface area contributed by atoms with Crippen LogP contribution >= 0.6 is 11.6 Å². The van der Waals surface area contributed by atoms with Crippen LogP contribution in [-0.4, -0.2) is 31.2 Å². The van der Waals surface area contributed by atoms with Gasteiger partial charge in [0.15, 0.2) is 0 Å². The Bertz CT molecular complexity index is 778. The molecule has 0 unspecified atom stereocenters. The summed E-state index contributed by atoms with van der Waals surface area (Å²) in [6.45, 7) is 2.51. The van der Waals surface area contributed by atoms with Gasteiger partial charge in [-0.15, -0.1) is 0 Å². The fraction of sp³-hybridized carbons (Fsp3) is 0.222. The van der Waals surface area contributed by atoms with Crippen LogP contribution in [0, 0.1) is 6.92 Å². The number of hydrogen-bond donors (Lipinski definition) is 1. The second-order valence-corrected chi connectivity index (χ2v) is 6.06. The molecule has 24 heavy (non-hydrogen) atoms. The van der Waals surface area contributed by atoms with Crippen molar-refractivity contribution in [1.82, 2.24) is 5.32 Å². The number of nitrogens with zero attached hydrogens (tertiary/aromatic N) is 1. The number of aryl methyl sites for hydroxylation is 1. The lowest BCUT2D eigenvalue weighted by Gasteiger charge is -2.13. The van der Waals surface area contributed by atoms with Gasteiger partial charge in [0.2, 0.25) is 0 Å². The first kappa shape index (κ1) is 16.3. The molecule has 0 bridgehead atoms. The lowest BCUT2D eigenvalue weighted by Crippen LogP contribution is -2.34. The smallest absolute Gasteiger partial charge is 0.414 e. The van der Waals surface area contributed by atoms with Gasteiger partial charge in [-0.05, 0) is 36.8 Å². The molecule has 1 fully saturated rings. The van der Waals surface area contributed by atoms with E-state index in [4.69, 9.17) is 16.3 Å². The van der Waals surface area contributed by atoms with Crippen LogP contribution < -0.4 is 10.2 Å². The van der Waals surface area contributed by atoms with Crippen LogP contribution in [0.15, 0.2) is 48.5 Å². The molecule has 5 nitrogen and oxygen atoms in total. The summed E-state index contributed by atoms with van der Waals surface area (Å²) in [5, 5.41) is 3.37. The van der Waals surface area contributed by atoms with E-state index < -0.39 is 12.2 Å². The lowest BCUT2D eigenvalue weighted by molar-refractivity contribution is 0.0915. The maximum absolute atomic E-state index is 12.2. The fourth-order valence-electron chi connectivity index (χ4n) is 2.61. The number of anilines is 1. The molecule has 2 amide bonds. The summed E-state index contributed by atoms with van der Waals surface area (Å²) in [6.07, 6.45) is -0.836. The average molecular weight is 345 g/mol. The molecule has 1 aliphatic rings. The van der Waals surface area contributed by atoms with E-state index >= 15 is 0 Å². The molecule has 2 aromatic carbocycles. The molecule has 1 N–H and O–H groups in total. The quantitative estimate of drug-likeness (QED) is 0.924. The summed E-state index contributed by atoms with van der Waals surface area (Å²) in [7, 11) is 0.